The maximum atomic E-state index is 4.15. The molecular weight excluding hydrogens is 188 g/mol. The SMILES string of the molecule is CNC(CC1CCCCC1)c1cn[nH]n1. The minimum atomic E-state index is 0.367. The van der Waals surface area contributed by atoms with E-state index in [1.807, 2.05) is 13.2 Å². The van der Waals surface area contributed by atoms with Crippen LogP contribution < -0.4 is 5.32 Å². The fourth-order valence-corrected chi connectivity index (χ4v) is 2.52. The molecule has 1 atom stereocenters. The first-order valence-electron chi connectivity index (χ1n) is 5.93. The van der Waals surface area contributed by atoms with Crippen LogP contribution in [0, 0.1) is 5.92 Å². The summed E-state index contributed by atoms with van der Waals surface area (Å²) in [5.74, 6) is 0.868. The van der Waals surface area contributed by atoms with Crippen LogP contribution in [0.2, 0.25) is 0 Å². The van der Waals surface area contributed by atoms with Gasteiger partial charge in [0.2, 0.25) is 0 Å². The number of nitrogens with zero attached hydrogens (tertiary/aromatic N) is 2. The summed E-state index contributed by atoms with van der Waals surface area (Å²) >= 11 is 0. The van der Waals surface area contributed by atoms with Crippen LogP contribution in [0.25, 0.3) is 0 Å². The van der Waals surface area contributed by atoms with Gasteiger partial charge in [0.05, 0.1) is 17.9 Å². The van der Waals surface area contributed by atoms with E-state index >= 15 is 0 Å². The third kappa shape index (κ3) is 2.78. The summed E-state index contributed by atoms with van der Waals surface area (Å²) in [5, 5.41) is 14.0. The van der Waals surface area contributed by atoms with Crippen molar-refractivity contribution in [2.75, 3.05) is 7.05 Å². The molecule has 0 spiro atoms. The van der Waals surface area contributed by atoms with Crippen LogP contribution in [-0.4, -0.2) is 22.5 Å². The van der Waals surface area contributed by atoms with Crippen molar-refractivity contribution in [3.05, 3.63) is 11.9 Å². The lowest BCUT2D eigenvalue weighted by Gasteiger charge is -2.25. The Kier molecular flexibility index (Phi) is 3.72. The Bertz CT molecular complexity index is 264. The van der Waals surface area contributed by atoms with E-state index in [0.29, 0.717) is 6.04 Å². The normalized spacial score (nSPS) is 20.3. The van der Waals surface area contributed by atoms with Crippen LogP contribution >= 0.6 is 0 Å². The van der Waals surface area contributed by atoms with Gasteiger partial charge >= 0.3 is 0 Å². The highest BCUT2D eigenvalue weighted by atomic mass is 15.3. The molecular formula is C11H20N4. The number of aromatic nitrogens is 3. The largest absolute Gasteiger partial charge is 0.312 e. The first kappa shape index (κ1) is 10.6. The average molecular weight is 208 g/mol. The molecule has 1 aliphatic carbocycles. The predicted molar refractivity (Wildman–Crippen MR) is 59.4 cm³/mol. The van der Waals surface area contributed by atoms with Gasteiger partial charge in [0.25, 0.3) is 0 Å². The van der Waals surface area contributed by atoms with Gasteiger partial charge in [-0.25, -0.2) is 0 Å². The lowest BCUT2D eigenvalue weighted by atomic mass is 9.84. The van der Waals surface area contributed by atoms with Crippen molar-refractivity contribution < 1.29 is 0 Å². The lowest BCUT2D eigenvalue weighted by molar-refractivity contribution is 0.303. The topological polar surface area (TPSA) is 53.6 Å². The van der Waals surface area contributed by atoms with Gasteiger partial charge in [0.1, 0.15) is 0 Å². The van der Waals surface area contributed by atoms with Crippen molar-refractivity contribution in [3.8, 4) is 0 Å². The molecule has 2 rings (SSSR count). The molecule has 0 radical (unpaired) electrons. The van der Waals surface area contributed by atoms with Gasteiger partial charge < -0.3 is 5.32 Å². The molecule has 0 aromatic carbocycles. The molecule has 4 heteroatoms. The zero-order valence-electron chi connectivity index (χ0n) is 9.37. The predicted octanol–water partition coefficient (Wildman–Crippen LogP) is 2.04. The smallest absolute Gasteiger partial charge is 0.0993 e. The molecule has 15 heavy (non-hydrogen) atoms. The maximum absolute atomic E-state index is 4.15. The van der Waals surface area contributed by atoms with Gasteiger partial charge in [-0.15, -0.1) is 0 Å². The van der Waals surface area contributed by atoms with E-state index in [1.165, 1.54) is 38.5 Å². The standard InChI is InChI=1S/C11H20N4/c1-12-10(11-8-13-15-14-11)7-9-5-3-2-4-6-9/h8-10,12H,2-7H2,1H3,(H,13,14,15). The highest BCUT2D eigenvalue weighted by Crippen LogP contribution is 2.30. The first-order chi connectivity index (χ1) is 7.40. The summed E-state index contributed by atoms with van der Waals surface area (Å²) in [4.78, 5) is 0. The van der Waals surface area contributed by atoms with Crippen molar-refractivity contribution in [3.63, 3.8) is 0 Å². The summed E-state index contributed by atoms with van der Waals surface area (Å²) in [6.07, 6.45) is 10.0. The first-order valence-corrected chi connectivity index (χ1v) is 5.93. The van der Waals surface area contributed by atoms with Crippen molar-refractivity contribution in [1.29, 1.82) is 0 Å². The Morgan fingerprint density at radius 3 is 2.87 bits per heavy atom. The Balaban J connectivity index is 1.90. The third-order valence-electron chi connectivity index (χ3n) is 3.43. The molecule has 4 nitrogen and oxygen atoms in total. The highest BCUT2D eigenvalue weighted by molar-refractivity contribution is 4.99. The van der Waals surface area contributed by atoms with Crippen molar-refractivity contribution >= 4 is 0 Å². The minimum absolute atomic E-state index is 0.367. The van der Waals surface area contributed by atoms with Gasteiger partial charge in [-0.05, 0) is 19.4 Å². The number of aromatic amines is 1. The van der Waals surface area contributed by atoms with E-state index in [0.717, 1.165) is 11.6 Å². The number of H-pyrrole nitrogens is 1. The summed E-state index contributed by atoms with van der Waals surface area (Å²) in [5.41, 5.74) is 1.04. The quantitative estimate of drug-likeness (QED) is 0.796. The second-order valence-corrected chi connectivity index (χ2v) is 4.48. The Labute approximate surface area is 90.8 Å². The Hall–Kier alpha value is -0.900. The molecule has 0 saturated heterocycles. The van der Waals surface area contributed by atoms with E-state index in [1.54, 1.807) is 0 Å². The second kappa shape index (κ2) is 5.26. The van der Waals surface area contributed by atoms with E-state index in [4.69, 9.17) is 0 Å². The summed E-state index contributed by atoms with van der Waals surface area (Å²) < 4.78 is 0. The van der Waals surface area contributed by atoms with E-state index in [9.17, 15) is 0 Å². The molecule has 1 aliphatic rings. The van der Waals surface area contributed by atoms with E-state index in [-0.39, 0.29) is 0 Å². The lowest BCUT2D eigenvalue weighted by Crippen LogP contribution is -2.21. The molecule has 0 aliphatic heterocycles. The maximum Gasteiger partial charge on any atom is 0.0993 e. The van der Waals surface area contributed by atoms with Crippen molar-refractivity contribution in [2.45, 2.75) is 44.6 Å². The fourth-order valence-electron chi connectivity index (χ4n) is 2.52. The second-order valence-electron chi connectivity index (χ2n) is 4.48. The van der Waals surface area contributed by atoms with Crippen LogP contribution in [0.3, 0.4) is 0 Å². The summed E-state index contributed by atoms with van der Waals surface area (Å²) in [7, 11) is 2.00. The molecule has 1 heterocycles. The van der Waals surface area contributed by atoms with Gasteiger partial charge in [-0.3, -0.25) is 0 Å². The van der Waals surface area contributed by atoms with Crippen LogP contribution in [0.5, 0.6) is 0 Å². The molecule has 2 N–H and O–H groups in total. The fraction of sp³-hybridized carbons (Fsp3) is 0.818. The van der Waals surface area contributed by atoms with Gasteiger partial charge in [0.15, 0.2) is 0 Å². The Morgan fingerprint density at radius 2 is 2.27 bits per heavy atom. The zero-order chi connectivity index (χ0) is 10.5. The number of rotatable bonds is 4. The molecule has 84 valence electrons. The van der Waals surface area contributed by atoms with Crippen LogP contribution in [0.15, 0.2) is 6.20 Å². The minimum Gasteiger partial charge on any atom is -0.312 e. The van der Waals surface area contributed by atoms with Crippen molar-refractivity contribution in [1.82, 2.24) is 20.7 Å². The van der Waals surface area contributed by atoms with Gasteiger partial charge in [0, 0.05) is 0 Å². The van der Waals surface area contributed by atoms with Crippen LogP contribution in [0.1, 0.15) is 50.3 Å². The molecule has 0 amide bonds. The Morgan fingerprint density at radius 1 is 1.47 bits per heavy atom. The highest BCUT2D eigenvalue weighted by Gasteiger charge is 2.20. The average Bonchev–Trinajstić information content (AvgIpc) is 2.81. The number of hydrogen-bond acceptors (Lipinski definition) is 3. The molecule has 0 bridgehead atoms. The van der Waals surface area contributed by atoms with Crippen molar-refractivity contribution in [2.24, 2.45) is 5.92 Å². The van der Waals surface area contributed by atoms with Crippen LogP contribution in [-0.2, 0) is 0 Å². The van der Waals surface area contributed by atoms with E-state index < -0.39 is 0 Å². The number of nitrogens with one attached hydrogen (secondary N) is 2. The molecule has 1 unspecified atom stereocenters. The molecule has 1 aromatic heterocycles. The van der Waals surface area contributed by atoms with Crippen LogP contribution in [0.4, 0.5) is 0 Å². The molecule has 1 saturated carbocycles. The van der Waals surface area contributed by atoms with Gasteiger partial charge in [-0.2, -0.15) is 15.4 Å². The molecule has 1 aromatic rings. The monoisotopic (exact) mass is 208 g/mol. The zero-order valence-corrected chi connectivity index (χ0v) is 9.37. The molecule has 1 fully saturated rings. The third-order valence-corrected chi connectivity index (χ3v) is 3.43. The number of hydrogen-bond donors (Lipinski definition) is 2. The summed E-state index contributed by atoms with van der Waals surface area (Å²) in [6, 6.07) is 0.367. The van der Waals surface area contributed by atoms with Gasteiger partial charge in [-0.1, -0.05) is 32.1 Å². The van der Waals surface area contributed by atoms with E-state index in [2.05, 4.69) is 20.7 Å². The summed E-state index contributed by atoms with van der Waals surface area (Å²) in [6.45, 7) is 0.